The Morgan fingerprint density at radius 2 is 2.06 bits per heavy atom. The SMILES string of the molecule is O=C(NCC(F)(F)F)c1ccc(O)c(Cl)c1. The molecular formula is C9H7ClF3NO2. The van der Waals surface area contributed by atoms with Crippen LogP contribution in [0.2, 0.25) is 5.02 Å². The van der Waals surface area contributed by atoms with Gasteiger partial charge in [0.2, 0.25) is 0 Å². The molecule has 0 saturated carbocycles. The van der Waals surface area contributed by atoms with Gasteiger partial charge < -0.3 is 10.4 Å². The quantitative estimate of drug-likeness (QED) is 0.850. The van der Waals surface area contributed by atoms with Gasteiger partial charge in [-0.15, -0.1) is 0 Å². The van der Waals surface area contributed by atoms with Crippen molar-refractivity contribution in [2.45, 2.75) is 6.18 Å². The fourth-order valence-electron chi connectivity index (χ4n) is 0.931. The number of hydrogen-bond donors (Lipinski definition) is 2. The number of phenolic OH excluding ortho intramolecular Hbond substituents is 1. The third kappa shape index (κ3) is 3.62. The van der Waals surface area contributed by atoms with E-state index in [0.717, 1.165) is 12.1 Å². The van der Waals surface area contributed by atoms with E-state index in [1.807, 2.05) is 0 Å². The molecule has 16 heavy (non-hydrogen) atoms. The van der Waals surface area contributed by atoms with E-state index in [2.05, 4.69) is 0 Å². The van der Waals surface area contributed by atoms with Crippen molar-refractivity contribution < 1.29 is 23.1 Å². The Morgan fingerprint density at radius 3 is 2.56 bits per heavy atom. The molecule has 0 heterocycles. The van der Waals surface area contributed by atoms with E-state index >= 15 is 0 Å². The fraction of sp³-hybridized carbons (Fsp3) is 0.222. The summed E-state index contributed by atoms with van der Waals surface area (Å²) in [5.74, 6) is -1.15. The maximum absolute atomic E-state index is 11.8. The van der Waals surface area contributed by atoms with Gasteiger partial charge in [-0.05, 0) is 18.2 Å². The lowest BCUT2D eigenvalue weighted by Crippen LogP contribution is -2.33. The van der Waals surface area contributed by atoms with E-state index in [0.29, 0.717) is 0 Å². The number of nitrogens with one attached hydrogen (secondary N) is 1. The number of carbonyl (C=O) groups excluding carboxylic acids is 1. The zero-order chi connectivity index (χ0) is 12.3. The Labute approximate surface area is 93.8 Å². The van der Waals surface area contributed by atoms with Gasteiger partial charge >= 0.3 is 6.18 Å². The second-order valence-corrected chi connectivity index (χ2v) is 3.37. The lowest BCUT2D eigenvalue weighted by atomic mass is 10.2. The average Bonchev–Trinajstić information content (AvgIpc) is 2.17. The summed E-state index contributed by atoms with van der Waals surface area (Å²) in [7, 11) is 0. The predicted octanol–water partition coefficient (Wildman–Crippen LogP) is 2.34. The normalized spacial score (nSPS) is 11.2. The Bertz CT molecular complexity index is 406. The molecule has 0 fully saturated rings. The molecule has 0 aliphatic heterocycles. The number of carbonyl (C=O) groups is 1. The van der Waals surface area contributed by atoms with E-state index in [4.69, 9.17) is 16.7 Å². The first-order valence-corrected chi connectivity index (χ1v) is 4.51. The Morgan fingerprint density at radius 1 is 1.44 bits per heavy atom. The molecule has 0 radical (unpaired) electrons. The standard InChI is InChI=1S/C9H7ClF3NO2/c10-6-3-5(1-2-7(6)15)8(16)14-4-9(11,12)13/h1-3,15H,4H2,(H,14,16). The highest BCUT2D eigenvalue weighted by Crippen LogP contribution is 2.23. The average molecular weight is 254 g/mol. The summed E-state index contributed by atoms with van der Waals surface area (Å²) in [6.07, 6.45) is -4.46. The van der Waals surface area contributed by atoms with E-state index in [-0.39, 0.29) is 16.3 Å². The predicted molar refractivity (Wildman–Crippen MR) is 51.5 cm³/mol. The number of phenols is 1. The summed E-state index contributed by atoms with van der Waals surface area (Å²) in [6.45, 7) is -1.41. The van der Waals surface area contributed by atoms with Crippen molar-refractivity contribution >= 4 is 17.5 Å². The van der Waals surface area contributed by atoms with Crippen molar-refractivity contribution in [2.24, 2.45) is 0 Å². The van der Waals surface area contributed by atoms with Crippen molar-refractivity contribution in [3.05, 3.63) is 28.8 Å². The monoisotopic (exact) mass is 253 g/mol. The maximum atomic E-state index is 11.8. The molecule has 2 N–H and O–H groups in total. The molecule has 0 bridgehead atoms. The van der Waals surface area contributed by atoms with Gasteiger partial charge in [0, 0.05) is 5.56 Å². The highest BCUT2D eigenvalue weighted by molar-refractivity contribution is 6.32. The molecule has 0 aliphatic rings. The van der Waals surface area contributed by atoms with Crippen LogP contribution in [-0.2, 0) is 0 Å². The molecular weight excluding hydrogens is 247 g/mol. The second kappa shape index (κ2) is 4.61. The first-order chi connectivity index (χ1) is 7.29. The van der Waals surface area contributed by atoms with E-state index in [1.54, 1.807) is 5.32 Å². The molecule has 1 rings (SSSR count). The van der Waals surface area contributed by atoms with E-state index in [1.165, 1.54) is 6.07 Å². The van der Waals surface area contributed by atoms with Crippen LogP contribution in [0.25, 0.3) is 0 Å². The Hall–Kier alpha value is -1.43. The van der Waals surface area contributed by atoms with Crippen LogP contribution in [0.15, 0.2) is 18.2 Å². The van der Waals surface area contributed by atoms with Gasteiger partial charge in [-0.25, -0.2) is 0 Å². The van der Waals surface area contributed by atoms with Gasteiger partial charge in [-0.2, -0.15) is 13.2 Å². The number of aromatic hydroxyl groups is 1. The number of alkyl halides is 3. The lowest BCUT2D eigenvalue weighted by Gasteiger charge is -2.08. The van der Waals surface area contributed by atoms with Crippen LogP contribution in [-0.4, -0.2) is 23.7 Å². The number of rotatable bonds is 2. The molecule has 0 spiro atoms. The van der Waals surface area contributed by atoms with Crippen LogP contribution >= 0.6 is 11.6 Å². The second-order valence-electron chi connectivity index (χ2n) is 2.96. The third-order valence-electron chi connectivity index (χ3n) is 1.66. The summed E-state index contributed by atoms with van der Waals surface area (Å²) in [4.78, 5) is 11.2. The van der Waals surface area contributed by atoms with Crippen LogP contribution in [0, 0.1) is 0 Å². The van der Waals surface area contributed by atoms with Gasteiger partial charge in [0.25, 0.3) is 5.91 Å². The number of amides is 1. The van der Waals surface area contributed by atoms with Gasteiger partial charge in [-0.3, -0.25) is 4.79 Å². The van der Waals surface area contributed by atoms with Gasteiger partial charge in [-0.1, -0.05) is 11.6 Å². The molecule has 0 saturated heterocycles. The molecule has 0 unspecified atom stereocenters. The van der Waals surface area contributed by atoms with Gasteiger partial charge in [0.1, 0.15) is 12.3 Å². The molecule has 3 nitrogen and oxygen atoms in total. The molecule has 7 heteroatoms. The van der Waals surface area contributed by atoms with Crippen LogP contribution in [0.1, 0.15) is 10.4 Å². The molecule has 0 aliphatic carbocycles. The zero-order valence-electron chi connectivity index (χ0n) is 7.81. The highest BCUT2D eigenvalue weighted by Gasteiger charge is 2.27. The van der Waals surface area contributed by atoms with Crippen LogP contribution < -0.4 is 5.32 Å². The van der Waals surface area contributed by atoms with Crippen molar-refractivity contribution in [1.82, 2.24) is 5.32 Å². The largest absolute Gasteiger partial charge is 0.506 e. The van der Waals surface area contributed by atoms with Crippen LogP contribution in [0.3, 0.4) is 0 Å². The lowest BCUT2D eigenvalue weighted by molar-refractivity contribution is -0.123. The summed E-state index contributed by atoms with van der Waals surface area (Å²) < 4.78 is 35.4. The minimum Gasteiger partial charge on any atom is -0.506 e. The molecule has 1 aromatic rings. The van der Waals surface area contributed by atoms with Crippen LogP contribution in [0.5, 0.6) is 5.75 Å². The summed E-state index contributed by atoms with van der Waals surface area (Å²) >= 11 is 5.50. The number of hydrogen-bond acceptors (Lipinski definition) is 2. The zero-order valence-corrected chi connectivity index (χ0v) is 8.56. The first-order valence-electron chi connectivity index (χ1n) is 4.13. The summed E-state index contributed by atoms with van der Waals surface area (Å²) in [5.41, 5.74) is -0.0490. The van der Waals surface area contributed by atoms with Crippen molar-refractivity contribution in [3.8, 4) is 5.75 Å². The Balaban J connectivity index is 2.70. The van der Waals surface area contributed by atoms with Gasteiger partial charge in [0.15, 0.2) is 0 Å². The molecule has 0 aromatic heterocycles. The van der Waals surface area contributed by atoms with Crippen molar-refractivity contribution in [2.75, 3.05) is 6.54 Å². The number of benzene rings is 1. The molecule has 1 aromatic carbocycles. The summed E-state index contributed by atoms with van der Waals surface area (Å²) in [6, 6.07) is 3.39. The smallest absolute Gasteiger partial charge is 0.405 e. The molecule has 0 atom stereocenters. The maximum Gasteiger partial charge on any atom is 0.405 e. The third-order valence-corrected chi connectivity index (χ3v) is 1.96. The Kier molecular flexibility index (Phi) is 3.64. The summed E-state index contributed by atoms with van der Waals surface area (Å²) in [5, 5.41) is 10.6. The number of halogens is 4. The first kappa shape index (κ1) is 12.6. The van der Waals surface area contributed by atoms with E-state index in [9.17, 15) is 18.0 Å². The minimum absolute atomic E-state index is 0.0490. The topological polar surface area (TPSA) is 49.3 Å². The van der Waals surface area contributed by atoms with Crippen molar-refractivity contribution in [1.29, 1.82) is 0 Å². The fourth-order valence-corrected chi connectivity index (χ4v) is 1.11. The van der Waals surface area contributed by atoms with Gasteiger partial charge in [0.05, 0.1) is 5.02 Å². The highest BCUT2D eigenvalue weighted by atomic mass is 35.5. The van der Waals surface area contributed by atoms with Crippen LogP contribution in [0.4, 0.5) is 13.2 Å². The molecule has 1 amide bonds. The molecule has 88 valence electrons. The van der Waals surface area contributed by atoms with Crippen molar-refractivity contribution in [3.63, 3.8) is 0 Å². The van der Waals surface area contributed by atoms with E-state index < -0.39 is 18.6 Å². The minimum atomic E-state index is -4.46.